The van der Waals surface area contributed by atoms with E-state index in [-0.39, 0.29) is 17.9 Å². The van der Waals surface area contributed by atoms with Crippen molar-refractivity contribution in [2.75, 3.05) is 26.4 Å². The Morgan fingerprint density at radius 2 is 1.70 bits per heavy atom. The smallest absolute Gasteiger partial charge is 0.338 e. The van der Waals surface area contributed by atoms with Gasteiger partial charge in [-0.05, 0) is 44.1 Å². The van der Waals surface area contributed by atoms with Gasteiger partial charge in [-0.1, -0.05) is 36.8 Å². The van der Waals surface area contributed by atoms with Crippen molar-refractivity contribution in [2.45, 2.75) is 56.0 Å². The lowest BCUT2D eigenvalue weighted by Crippen LogP contribution is -2.46. The number of nitrogens with one attached hydrogen (secondary N) is 1. The van der Waals surface area contributed by atoms with E-state index in [9.17, 15) is 14.7 Å². The van der Waals surface area contributed by atoms with E-state index in [2.05, 4.69) is 17.4 Å². The molecular formula is C21H29NO5. The van der Waals surface area contributed by atoms with Crippen molar-refractivity contribution >= 4 is 11.9 Å². The van der Waals surface area contributed by atoms with Crippen LogP contribution in [0.25, 0.3) is 0 Å². The Kier molecular flexibility index (Phi) is 6.50. The fourth-order valence-electron chi connectivity index (χ4n) is 4.05. The van der Waals surface area contributed by atoms with Crippen molar-refractivity contribution in [2.24, 2.45) is 0 Å². The van der Waals surface area contributed by atoms with Crippen molar-refractivity contribution in [3.05, 3.63) is 35.9 Å². The van der Waals surface area contributed by atoms with Crippen molar-refractivity contribution in [1.82, 2.24) is 5.32 Å². The Morgan fingerprint density at radius 1 is 1.04 bits per heavy atom. The molecule has 0 bridgehead atoms. The van der Waals surface area contributed by atoms with Crippen LogP contribution >= 0.6 is 0 Å². The summed E-state index contributed by atoms with van der Waals surface area (Å²) < 4.78 is 10.6. The number of carbonyl (C=O) groups excluding carboxylic acids is 2. The molecule has 1 heterocycles. The molecule has 0 atom stereocenters. The number of amides is 1. The first-order valence-electron chi connectivity index (χ1n) is 9.84. The predicted octanol–water partition coefficient (Wildman–Crippen LogP) is 2.09. The second-order valence-corrected chi connectivity index (χ2v) is 7.70. The molecule has 3 rings (SSSR count). The Morgan fingerprint density at radius 3 is 2.37 bits per heavy atom. The van der Waals surface area contributed by atoms with Crippen LogP contribution in [0.3, 0.4) is 0 Å². The van der Waals surface area contributed by atoms with E-state index < -0.39 is 11.6 Å². The van der Waals surface area contributed by atoms with Crippen LogP contribution in [-0.2, 0) is 24.5 Å². The average Bonchev–Trinajstić information content (AvgIpc) is 2.72. The maximum absolute atomic E-state index is 12.2. The molecule has 6 heteroatoms. The van der Waals surface area contributed by atoms with Crippen LogP contribution in [0.2, 0.25) is 0 Å². The van der Waals surface area contributed by atoms with E-state index >= 15 is 0 Å². The summed E-state index contributed by atoms with van der Waals surface area (Å²) in [5.74, 6) is -1.02. The summed E-state index contributed by atoms with van der Waals surface area (Å²) >= 11 is 0. The first-order chi connectivity index (χ1) is 13.0. The zero-order chi connectivity index (χ0) is 19.2. The molecule has 0 spiro atoms. The third kappa shape index (κ3) is 4.87. The van der Waals surface area contributed by atoms with Gasteiger partial charge in [-0.25, -0.2) is 4.79 Å². The molecule has 1 saturated heterocycles. The lowest BCUT2D eigenvalue weighted by Gasteiger charge is -2.38. The summed E-state index contributed by atoms with van der Waals surface area (Å²) in [5.41, 5.74) is -0.410. The number of esters is 1. The van der Waals surface area contributed by atoms with Crippen molar-refractivity contribution in [3.8, 4) is 0 Å². The van der Waals surface area contributed by atoms with Gasteiger partial charge in [-0.2, -0.15) is 0 Å². The third-order valence-corrected chi connectivity index (χ3v) is 5.86. The molecule has 1 aliphatic heterocycles. The minimum Gasteiger partial charge on any atom is -0.453 e. The number of aliphatic hydroxyl groups is 1. The molecule has 2 N–H and O–H groups in total. The van der Waals surface area contributed by atoms with Crippen LogP contribution < -0.4 is 5.32 Å². The highest BCUT2D eigenvalue weighted by atomic mass is 16.6. The summed E-state index contributed by atoms with van der Waals surface area (Å²) in [6.07, 6.45) is 5.10. The fourth-order valence-corrected chi connectivity index (χ4v) is 4.05. The monoisotopic (exact) mass is 375 g/mol. The summed E-state index contributed by atoms with van der Waals surface area (Å²) in [4.78, 5) is 24.4. The molecule has 1 aromatic rings. The van der Waals surface area contributed by atoms with Crippen molar-refractivity contribution in [3.63, 3.8) is 0 Å². The van der Waals surface area contributed by atoms with Crippen LogP contribution in [-0.4, -0.2) is 48.9 Å². The SMILES string of the molecule is O=C(COC(=O)C1(O)CCCCC1)NCC1(c2ccccc2)CCOCC1. The lowest BCUT2D eigenvalue weighted by molar-refractivity contribution is -0.170. The van der Waals surface area contributed by atoms with Crippen LogP contribution in [0.4, 0.5) is 0 Å². The predicted molar refractivity (Wildman–Crippen MR) is 100 cm³/mol. The third-order valence-electron chi connectivity index (χ3n) is 5.86. The van der Waals surface area contributed by atoms with Gasteiger partial charge in [-0.3, -0.25) is 4.79 Å². The van der Waals surface area contributed by atoms with E-state index in [0.717, 1.165) is 32.1 Å². The molecule has 1 aromatic carbocycles. The van der Waals surface area contributed by atoms with E-state index in [0.29, 0.717) is 32.6 Å². The molecular weight excluding hydrogens is 346 g/mol. The highest BCUT2D eigenvalue weighted by molar-refractivity contribution is 5.84. The van der Waals surface area contributed by atoms with E-state index in [4.69, 9.17) is 9.47 Å². The topological polar surface area (TPSA) is 84.9 Å². The summed E-state index contributed by atoms with van der Waals surface area (Å²) in [6.45, 7) is 1.43. The van der Waals surface area contributed by atoms with Crippen LogP contribution in [0.15, 0.2) is 30.3 Å². The Hall–Kier alpha value is -1.92. The largest absolute Gasteiger partial charge is 0.453 e. The molecule has 1 amide bonds. The first kappa shape index (κ1) is 19.8. The molecule has 2 aliphatic rings. The minimum absolute atomic E-state index is 0.166. The zero-order valence-electron chi connectivity index (χ0n) is 15.7. The first-order valence-corrected chi connectivity index (χ1v) is 9.84. The summed E-state index contributed by atoms with van der Waals surface area (Å²) in [7, 11) is 0. The van der Waals surface area contributed by atoms with Gasteiger partial charge in [0.05, 0.1) is 0 Å². The van der Waals surface area contributed by atoms with Crippen LogP contribution in [0, 0.1) is 0 Å². The van der Waals surface area contributed by atoms with Gasteiger partial charge in [0.2, 0.25) is 0 Å². The van der Waals surface area contributed by atoms with E-state index in [1.807, 2.05) is 18.2 Å². The molecule has 0 unspecified atom stereocenters. The fraction of sp³-hybridized carbons (Fsp3) is 0.619. The Bertz CT molecular complexity index is 633. The van der Waals surface area contributed by atoms with Gasteiger partial charge < -0.3 is 19.9 Å². The number of ether oxygens (including phenoxy) is 2. The molecule has 148 valence electrons. The van der Waals surface area contributed by atoms with Gasteiger partial charge >= 0.3 is 5.97 Å². The minimum atomic E-state index is -1.43. The molecule has 0 aromatic heterocycles. The number of hydrogen-bond acceptors (Lipinski definition) is 5. The van der Waals surface area contributed by atoms with Gasteiger partial charge in [0.15, 0.2) is 12.2 Å². The molecule has 0 radical (unpaired) electrons. The van der Waals surface area contributed by atoms with Gasteiger partial charge in [0.1, 0.15) is 0 Å². The zero-order valence-corrected chi connectivity index (χ0v) is 15.7. The normalized spacial score (nSPS) is 21.2. The van der Waals surface area contributed by atoms with Gasteiger partial charge in [-0.15, -0.1) is 0 Å². The van der Waals surface area contributed by atoms with Crippen molar-refractivity contribution < 1.29 is 24.2 Å². The molecule has 1 saturated carbocycles. The summed E-state index contributed by atoms with van der Waals surface area (Å²) in [6, 6.07) is 10.1. The maximum Gasteiger partial charge on any atom is 0.338 e. The molecule has 27 heavy (non-hydrogen) atoms. The Balaban J connectivity index is 1.53. The van der Waals surface area contributed by atoms with Crippen LogP contribution in [0.5, 0.6) is 0 Å². The number of rotatable bonds is 6. The molecule has 2 fully saturated rings. The lowest BCUT2D eigenvalue weighted by atomic mass is 9.74. The second-order valence-electron chi connectivity index (χ2n) is 7.70. The van der Waals surface area contributed by atoms with Crippen LogP contribution in [0.1, 0.15) is 50.5 Å². The Labute approximate surface area is 160 Å². The van der Waals surface area contributed by atoms with Gasteiger partial charge in [0.25, 0.3) is 5.91 Å². The van der Waals surface area contributed by atoms with Crippen molar-refractivity contribution in [1.29, 1.82) is 0 Å². The number of hydrogen-bond donors (Lipinski definition) is 2. The van der Waals surface area contributed by atoms with E-state index in [1.165, 1.54) is 5.56 Å². The van der Waals surface area contributed by atoms with Gasteiger partial charge in [0, 0.05) is 25.2 Å². The number of carbonyl (C=O) groups is 2. The highest BCUT2D eigenvalue weighted by Gasteiger charge is 2.39. The quantitative estimate of drug-likeness (QED) is 0.744. The second kappa shape index (κ2) is 8.85. The molecule has 1 aliphatic carbocycles. The average molecular weight is 375 g/mol. The summed E-state index contributed by atoms with van der Waals surface area (Å²) in [5, 5.41) is 13.3. The standard InChI is InChI=1S/C21H29NO5/c23-18(15-27-19(24)21(25)9-5-2-6-10-21)22-16-20(11-13-26-14-12-20)17-7-3-1-4-8-17/h1,3-4,7-8,25H,2,5-6,9-16H2,(H,22,23). The van der Waals surface area contributed by atoms with E-state index in [1.54, 1.807) is 0 Å². The highest BCUT2D eigenvalue weighted by Crippen LogP contribution is 2.34. The maximum atomic E-state index is 12.2. The molecule has 6 nitrogen and oxygen atoms in total. The number of benzene rings is 1.